The Morgan fingerprint density at radius 3 is 2.48 bits per heavy atom. The summed E-state index contributed by atoms with van der Waals surface area (Å²) in [5.74, 6) is 0.408. The first-order chi connectivity index (χ1) is 10.0. The number of hydrogen-bond acceptors (Lipinski definition) is 2. The lowest BCUT2D eigenvalue weighted by molar-refractivity contribution is 0.0937. The van der Waals surface area contributed by atoms with E-state index in [4.69, 9.17) is 4.74 Å². The van der Waals surface area contributed by atoms with Crippen LogP contribution >= 0.6 is 15.9 Å². The van der Waals surface area contributed by atoms with Gasteiger partial charge in [0.15, 0.2) is 0 Å². The van der Waals surface area contributed by atoms with Gasteiger partial charge in [0.25, 0.3) is 5.91 Å². The van der Waals surface area contributed by atoms with Gasteiger partial charge in [-0.3, -0.25) is 4.79 Å². The normalized spacial score (nSPS) is 11.8. The summed E-state index contributed by atoms with van der Waals surface area (Å²) in [5, 5.41) is 2.99. The van der Waals surface area contributed by atoms with Gasteiger partial charge in [-0.25, -0.2) is 0 Å². The second-order valence-corrected chi connectivity index (χ2v) is 5.87. The van der Waals surface area contributed by atoms with Crippen LogP contribution in [0.15, 0.2) is 46.9 Å². The molecule has 110 valence electrons. The highest BCUT2D eigenvalue weighted by molar-refractivity contribution is 9.10. The van der Waals surface area contributed by atoms with E-state index in [1.807, 2.05) is 44.2 Å². The van der Waals surface area contributed by atoms with Gasteiger partial charge in [0, 0.05) is 4.47 Å². The maximum Gasteiger partial charge on any atom is 0.255 e. The zero-order valence-corrected chi connectivity index (χ0v) is 13.9. The van der Waals surface area contributed by atoms with Crippen LogP contribution in [-0.4, -0.2) is 13.0 Å². The molecule has 0 aliphatic rings. The number of rotatable bonds is 4. The lowest BCUT2D eigenvalue weighted by atomic mass is 10.1. The fraction of sp³-hybridized carbons (Fsp3) is 0.235. The minimum atomic E-state index is -0.146. The lowest BCUT2D eigenvalue weighted by Gasteiger charge is -2.16. The predicted molar refractivity (Wildman–Crippen MR) is 87.8 cm³/mol. The molecule has 1 atom stereocenters. The number of methoxy groups -OCH3 is 1. The molecule has 1 amide bonds. The van der Waals surface area contributed by atoms with Gasteiger partial charge >= 0.3 is 0 Å². The van der Waals surface area contributed by atoms with Crippen molar-refractivity contribution in [2.45, 2.75) is 19.9 Å². The first-order valence-corrected chi connectivity index (χ1v) is 7.51. The largest absolute Gasteiger partial charge is 0.496 e. The van der Waals surface area contributed by atoms with Crippen molar-refractivity contribution in [1.82, 2.24) is 5.32 Å². The molecule has 0 fully saturated rings. The summed E-state index contributed by atoms with van der Waals surface area (Å²) in [4.78, 5) is 12.4. The minimum absolute atomic E-state index is 0.0635. The van der Waals surface area contributed by atoms with Crippen LogP contribution in [0.3, 0.4) is 0 Å². The fourth-order valence-corrected chi connectivity index (χ4v) is 2.41. The number of ether oxygens (including phenoxy) is 1. The molecular formula is C17H18BrNO2. The Morgan fingerprint density at radius 2 is 1.86 bits per heavy atom. The van der Waals surface area contributed by atoms with Crippen molar-refractivity contribution in [2.75, 3.05) is 7.11 Å². The standard InChI is InChI=1S/C17H18BrNO2/c1-11-4-6-13(7-5-11)12(2)19-17(20)15-9-8-14(18)10-16(15)21-3/h4-10,12H,1-3H3,(H,19,20). The van der Waals surface area contributed by atoms with E-state index in [9.17, 15) is 4.79 Å². The lowest BCUT2D eigenvalue weighted by Crippen LogP contribution is -2.27. The molecule has 0 saturated heterocycles. The number of nitrogens with one attached hydrogen (secondary N) is 1. The average molecular weight is 348 g/mol. The maximum atomic E-state index is 12.4. The van der Waals surface area contributed by atoms with E-state index in [1.54, 1.807) is 19.2 Å². The Hall–Kier alpha value is -1.81. The van der Waals surface area contributed by atoms with Crippen LogP contribution in [0.25, 0.3) is 0 Å². The van der Waals surface area contributed by atoms with Gasteiger partial charge in [-0.15, -0.1) is 0 Å². The third-order valence-electron chi connectivity index (χ3n) is 3.33. The van der Waals surface area contributed by atoms with E-state index in [0.29, 0.717) is 11.3 Å². The Labute approximate surface area is 133 Å². The number of hydrogen-bond donors (Lipinski definition) is 1. The number of benzene rings is 2. The number of carbonyl (C=O) groups is 1. The highest BCUT2D eigenvalue weighted by Gasteiger charge is 2.15. The van der Waals surface area contributed by atoms with E-state index in [-0.39, 0.29) is 11.9 Å². The molecule has 0 bridgehead atoms. The molecule has 4 heteroatoms. The number of amides is 1. The second kappa shape index (κ2) is 6.76. The van der Waals surface area contributed by atoms with Crippen molar-refractivity contribution < 1.29 is 9.53 Å². The van der Waals surface area contributed by atoms with Crippen LogP contribution < -0.4 is 10.1 Å². The SMILES string of the molecule is COc1cc(Br)ccc1C(=O)NC(C)c1ccc(C)cc1. The van der Waals surface area contributed by atoms with Crippen molar-refractivity contribution in [1.29, 1.82) is 0 Å². The van der Waals surface area contributed by atoms with Crippen LogP contribution in [0.2, 0.25) is 0 Å². The molecule has 0 aliphatic heterocycles. The smallest absolute Gasteiger partial charge is 0.255 e. The predicted octanol–water partition coefficient (Wildman–Crippen LogP) is 4.26. The number of aryl methyl sites for hydroxylation is 1. The van der Waals surface area contributed by atoms with Crippen LogP contribution in [0, 0.1) is 6.92 Å². The zero-order chi connectivity index (χ0) is 15.4. The third kappa shape index (κ3) is 3.85. The molecule has 0 radical (unpaired) electrons. The minimum Gasteiger partial charge on any atom is -0.496 e. The van der Waals surface area contributed by atoms with E-state index in [1.165, 1.54) is 5.56 Å². The third-order valence-corrected chi connectivity index (χ3v) is 3.83. The van der Waals surface area contributed by atoms with E-state index in [2.05, 4.69) is 21.2 Å². The van der Waals surface area contributed by atoms with Gasteiger partial charge in [0.2, 0.25) is 0 Å². The monoisotopic (exact) mass is 347 g/mol. The van der Waals surface area contributed by atoms with Crippen molar-refractivity contribution in [3.05, 3.63) is 63.6 Å². The van der Waals surface area contributed by atoms with Gasteiger partial charge in [0.05, 0.1) is 18.7 Å². The van der Waals surface area contributed by atoms with Gasteiger partial charge < -0.3 is 10.1 Å². The fourth-order valence-electron chi connectivity index (χ4n) is 2.07. The van der Waals surface area contributed by atoms with Crippen LogP contribution in [0.5, 0.6) is 5.75 Å². The molecule has 21 heavy (non-hydrogen) atoms. The molecule has 0 aliphatic carbocycles. The Balaban J connectivity index is 2.16. The first-order valence-electron chi connectivity index (χ1n) is 6.72. The van der Waals surface area contributed by atoms with Crippen LogP contribution in [0.1, 0.15) is 34.5 Å². The summed E-state index contributed by atoms with van der Waals surface area (Å²) >= 11 is 3.37. The highest BCUT2D eigenvalue weighted by atomic mass is 79.9. The summed E-state index contributed by atoms with van der Waals surface area (Å²) in [6.45, 7) is 4.01. The topological polar surface area (TPSA) is 38.3 Å². The quantitative estimate of drug-likeness (QED) is 0.897. The summed E-state index contributed by atoms with van der Waals surface area (Å²) in [6, 6.07) is 13.4. The van der Waals surface area contributed by atoms with Crippen LogP contribution in [0.4, 0.5) is 0 Å². The first kappa shape index (κ1) is 15.6. The molecule has 1 N–H and O–H groups in total. The van der Waals surface area contributed by atoms with Gasteiger partial charge in [-0.2, -0.15) is 0 Å². The summed E-state index contributed by atoms with van der Waals surface area (Å²) in [5.41, 5.74) is 2.80. The number of carbonyl (C=O) groups excluding carboxylic acids is 1. The summed E-state index contributed by atoms with van der Waals surface area (Å²) in [6.07, 6.45) is 0. The molecule has 2 aromatic rings. The van der Waals surface area contributed by atoms with Gasteiger partial charge in [0.1, 0.15) is 5.75 Å². The summed E-state index contributed by atoms with van der Waals surface area (Å²) in [7, 11) is 1.56. The van der Waals surface area contributed by atoms with E-state index in [0.717, 1.165) is 10.0 Å². The molecular weight excluding hydrogens is 330 g/mol. The second-order valence-electron chi connectivity index (χ2n) is 4.95. The molecule has 2 aromatic carbocycles. The molecule has 0 aromatic heterocycles. The van der Waals surface area contributed by atoms with Crippen molar-refractivity contribution in [3.8, 4) is 5.75 Å². The van der Waals surface area contributed by atoms with E-state index < -0.39 is 0 Å². The Morgan fingerprint density at radius 1 is 1.19 bits per heavy atom. The van der Waals surface area contributed by atoms with Gasteiger partial charge in [-0.1, -0.05) is 45.8 Å². The molecule has 1 unspecified atom stereocenters. The van der Waals surface area contributed by atoms with Crippen molar-refractivity contribution >= 4 is 21.8 Å². The van der Waals surface area contributed by atoms with Crippen LogP contribution in [-0.2, 0) is 0 Å². The molecule has 0 heterocycles. The molecule has 0 spiro atoms. The molecule has 3 nitrogen and oxygen atoms in total. The number of halogens is 1. The van der Waals surface area contributed by atoms with E-state index >= 15 is 0 Å². The molecule has 0 saturated carbocycles. The Kier molecular flexibility index (Phi) is 5.02. The highest BCUT2D eigenvalue weighted by Crippen LogP contribution is 2.24. The Bertz CT molecular complexity index is 638. The average Bonchev–Trinajstić information content (AvgIpc) is 2.47. The zero-order valence-electron chi connectivity index (χ0n) is 12.3. The van der Waals surface area contributed by atoms with Gasteiger partial charge in [-0.05, 0) is 37.6 Å². The maximum absolute atomic E-state index is 12.4. The van der Waals surface area contributed by atoms with Crippen molar-refractivity contribution in [2.24, 2.45) is 0 Å². The summed E-state index contributed by atoms with van der Waals surface area (Å²) < 4.78 is 6.14. The van der Waals surface area contributed by atoms with Crippen molar-refractivity contribution in [3.63, 3.8) is 0 Å². The molecule has 2 rings (SSSR count).